The molecule has 17 heteroatoms. The number of nitrogens with one attached hydrogen (secondary N) is 4. The first-order valence-corrected chi connectivity index (χ1v) is 18.9. The Morgan fingerprint density at radius 1 is 0.911 bits per heavy atom. The fourth-order valence-corrected chi connectivity index (χ4v) is 6.88. The number of halogens is 4. The number of amides is 2. The van der Waals surface area contributed by atoms with Crippen LogP contribution in [0.3, 0.4) is 0 Å². The molecule has 3 aromatic rings. The van der Waals surface area contributed by atoms with Gasteiger partial charge in [0.15, 0.2) is 6.61 Å². The summed E-state index contributed by atoms with van der Waals surface area (Å²) in [5.74, 6) is -1.97. The van der Waals surface area contributed by atoms with Gasteiger partial charge in [-0.05, 0) is 104 Å². The van der Waals surface area contributed by atoms with E-state index in [1.165, 1.54) is 31.4 Å². The van der Waals surface area contributed by atoms with Crippen molar-refractivity contribution >= 4 is 52.8 Å². The van der Waals surface area contributed by atoms with E-state index < -0.39 is 53.9 Å². The van der Waals surface area contributed by atoms with Gasteiger partial charge >= 0.3 is 18.2 Å². The van der Waals surface area contributed by atoms with E-state index in [4.69, 9.17) is 21.1 Å². The van der Waals surface area contributed by atoms with Crippen molar-refractivity contribution in [3.63, 3.8) is 0 Å². The lowest BCUT2D eigenvalue weighted by molar-refractivity contribution is -0.154. The maximum absolute atomic E-state index is 13.1. The second-order valence-electron chi connectivity index (χ2n) is 15.4. The van der Waals surface area contributed by atoms with Gasteiger partial charge in [0.25, 0.3) is 11.8 Å². The second kappa shape index (κ2) is 17.9. The number of benzene rings is 2. The Morgan fingerprint density at radius 2 is 1.55 bits per heavy atom. The lowest BCUT2D eigenvalue weighted by Crippen LogP contribution is -2.44. The highest BCUT2D eigenvalue weighted by Gasteiger charge is 2.45. The van der Waals surface area contributed by atoms with Crippen LogP contribution in [0.2, 0.25) is 5.02 Å². The Hall–Kier alpha value is -4.99. The molecule has 0 radical (unpaired) electrons. The summed E-state index contributed by atoms with van der Waals surface area (Å²) in [7, 11) is 1.17. The average molecular weight is 802 g/mol. The highest BCUT2D eigenvalue weighted by atomic mass is 35.5. The first-order valence-electron chi connectivity index (χ1n) is 18.5. The third-order valence-corrected chi connectivity index (χ3v) is 10.4. The van der Waals surface area contributed by atoms with Crippen LogP contribution in [0, 0.1) is 17.3 Å². The predicted molar refractivity (Wildman–Crippen MR) is 203 cm³/mol. The number of ether oxygens (including phenoxy) is 2. The Kier molecular flexibility index (Phi) is 13.4. The van der Waals surface area contributed by atoms with Crippen molar-refractivity contribution in [1.29, 1.82) is 0 Å². The monoisotopic (exact) mass is 801 g/mol. The van der Waals surface area contributed by atoms with E-state index in [1.54, 1.807) is 12.1 Å². The normalized spacial score (nSPS) is 18.2. The minimum atomic E-state index is -4.63. The smallest absolute Gasteiger partial charge is 0.422 e. The van der Waals surface area contributed by atoms with Crippen LogP contribution >= 0.6 is 11.6 Å². The van der Waals surface area contributed by atoms with Crippen molar-refractivity contribution in [2.75, 3.05) is 30.9 Å². The van der Waals surface area contributed by atoms with Crippen LogP contribution in [0.1, 0.15) is 88.1 Å². The Labute approximate surface area is 328 Å². The van der Waals surface area contributed by atoms with Crippen LogP contribution in [0.15, 0.2) is 48.5 Å². The molecule has 302 valence electrons. The molecule has 2 amide bonds. The van der Waals surface area contributed by atoms with E-state index in [-0.39, 0.29) is 48.2 Å². The van der Waals surface area contributed by atoms with Crippen molar-refractivity contribution < 1.29 is 41.8 Å². The number of rotatable bonds is 16. The van der Waals surface area contributed by atoms with E-state index >= 15 is 0 Å². The Bertz CT molecular complexity index is 1860. The standard InChI is InChI=1S/C39H47ClF3N7O6/c1-37(2,3)25-9-5-23(6-10-25)21-30(51)32(53)44-20-17-29(33(54)55-4)46-31(52)24-7-15-28(16-8-24)45-34-47-35(49-36(48-34)56-22-39(41,42)43)50-38(18-19-38)26-11-13-27(40)14-12-26/h7-8,11-16,23,25,29H,5-6,9-10,17-22H2,1-4H3,(H,44,53)(H,46,52)(H2,45,47,48,49,50)/t23?,25?,29-/m0/s1. The number of carbonyl (C=O) groups excluding carboxylic acids is 4. The van der Waals surface area contributed by atoms with Crippen LogP contribution in [0.4, 0.5) is 30.8 Å². The molecule has 4 N–H and O–H groups in total. The number of ketones is 1. The van der Waals surface area contributed by atoms with Crippen LogP contribution in [0.5, 0.6) is 6.01 Å². The molecule has 2 fully saturated rings. The Morgan fingerprint density at radius 3 is 2.14 bits per heavy atom. The molecule has 2 aromatic carbocycles. The number of anilines is 3. The molecule has 0 bridgehead atoms. The van der Waals surface area contributed by atoms with Gasteiger partial charge in [-0.2, -0.15) is 28.1 Å². The molecule has 2 aliphatic carbocycles. The summed E-state index contributed by atoms with van der Waals surface area (Å²) in [6.45, 7) is 5.00. The first kappa shape index (κ1) is 42.2. The first-order chi connectivity index (χ1) is 26.4. The molecule has 2 saturated carbocycles. The summed E-state index contributed by atoms with van der Waals surface area (Å²) >= 11 is 6.04. The van der Waals surface area contributed by atoms with Crippen LogP contribution in [-0.2, 0) is 24.7 Å². The van der Waals surface area contributed by atoms with Crippen molar-refractivity contribution in [2.45, 2.75) is 89.9 Å². The number of hydrogen-bond acceptors (Lipinski definition) is 11. The maximum atomic E-state index is 13.1. The topological polar surface area (TPSA) is 174 Å². The van der Waals surface area contributed by atoms with Gasteiger partial charge in [0, 0.05) is 29.2 Å². The molecule has 1 heterocycles. The van der Waals surface area contributed by atoms with Gasteiger partial charge in [-0.25, -0.2) is 4.79 Å². The summed E-state index contributed by atoms with van der Waals surface area (Å²) in [6, 6.07) is 11.4. The van der Waals surface area contributed by atoms with Gasteiger partial charge in [-0.3, -0.25) is 14.4 Å². The lowest BCUT2D eigenvalue weighted by atomic mass is 9.69. The molecule has 0 spiro atoms. The van der Waals surface area contributed by atoms with Gasteiger partial charge in [-0.15, -0.1) is 0 Å². The summed E-state index contributed by atoms with van der Waals surface area (Å²) in [5.41, 5.74) is 1.10. The van der Waals surface area contributed by atoms with E-state index in [0.29, 0.717) is 16.6 Å². The van der Waals surface area contributed by atoms with E-state index in [1.807, 2.05) is 12.1 Å². The molecule has 13 nitrogen and oxygen atoms in total. The van der Waals surface area contributed by atoms with Crippen molar-refractivity contribution in [3.8, 4) is 6.01 Å². The number of alkyl halides is 3. The third-order valence-electron chi connectivity index (χ3n) is 10.2. The highest BCUT2D eigenvalue weighted by Crippen LogP contribution is 2.48. The molecule has 1 aromatic heterocycles. The number of esters is 1. The molecule has 2 aliphatic rings. The van der Waals surface area contributed by atoms with Crippen molar-refractivity contribution in [3.05, 3.63) is 64.7 Å². The summed E-state index contributed by atoms with van der Waals surface area (Å²) < 4.78 is 48.6. The molecular formula is C39H47ClF3N7O6. The molecule has 0 unspecified atom stereocenters. The number of aromatic nitrogens is 3. The van der Waals surface area contributed by atoms with E-state index in [2.05, 4.69) is 57.0 Å². The Balaban J connectivity index is 1.17. The minimum Gasteiger partial charge on any atom is -0.467 e. The number of nitrogens with zero attached hydrogens (tertiary/aromatic N) is 3. The highest BCUT2D eigenvalue weighted by molar-refractivity contribution is 6.36. The lowest BCUT2D eigenvalue weighted by Gasteiger charge is -2.36. The van der Waals surface area contributed by atoms with Gasteiger partial charge in [-0.1, -0.05) is 44.5 Å². The SMILES string of the molecule is COC(=O)[C@H](CCNC(=O)C(=O)CC1CCC(C(C)(C)C)CC1)NC(=O)c1ccc(Nc2nc(NC3(c4ccc(Cl)cc4)CC3)nc(OCC(F)(F)F)n2)cc1. The molecule has 1 atom stereocenters. The fraction of sp³-hybridized carbons (Fsp3) is 0.513. The van der Waals surface area contributed by atoms with E-state index in [9.17, 15) is 32.3 Å². The fourth-order valence-electron chi connectivity index (χ4n) is 6.76. The van der Waals surface area contributed by atoms with Crippen LogP contribution in [-0.4, -0.2) is 71.0 Å². The van der Waals surface area contributed by atoms with Gasteiger partial charge < -0.3 is 30.7 Å². The zero-order valence-electron chi connectivity index (χ0n) is 31.7. The van der Waals surface area contributed by atoms with E-state index in [0.717, 1.165) is 44.1 Å². The molecule has 0 aliphatic heterocycles. The molecule has 56 heavy (non-hydrogen) atoms. The van der Waals surface area contributed by atoms with Crippen molar-refractivity contribution in [2.24, 2.45) is 17.3 Å². The third kappa shape index (κ3) is 12.0. The quantitative estimate of drug-likeness (QED) is 0.0877. The number of carbonyl (C=O) groups is 4. The number of methoxy groups -OCH3 is 1. The summed E-state index contributed by atoms with van der Waals surface area (Å²) in [5, 5.41) is 11.8. The predicted octanol–water partition coefficient (Wildman–Crippen LogP) is 6.90. The largest absolute Gasteiger partial charge is 0.467 e. The van der Waals surface area contributed by atoms with Crippen molar-refractivity contribution in [1.82, 2.24) is 25.6 Å². The molecule has 5 rings (SSSR count). The summed E-state index contributed by atoms with van der Waals surface area (Å²) in [6.07, 6.45) is 0.808. The minimum absolute atomic E-state index is 0.0175. The van der Waals surface area contributed by atoms with Gasteiger partial charge in [0.05, 0.1) is 12.6 Å². The number of hydrogen-bond donors (Lipinski definition) is 4. The van der Waals surface area contributed by atoms with Crippen LogP contribution in [0.25, 0.3) is 0 Å². The van der Waals surface area contributed by atoms with Crippen LogP contribution < -0.4 is 26.0 Å². The van der Waals surface area contributed by atoms with Gasteiger partial charge in [0.2, 0.25) is 17.7 Å². The molecular weight excluding hydrogens is 755 g/mol. The average Bonchev–Trinajstić information content (AvgIpc) is 3.93. The zero-order chi connectivity index (χ0) is 40.7. The van der Waals surface area contributed by atoms with Gasteiger partial charge in [0.1, 0.15) is 6.04 Å². The molecule has 0 saturated heterocycles. The summed E-state index contributed by atoms with van der Waals surface area (Å²) in [4.78, 5) is 63.2. The maximum Gasteiger partial charge on any atom is 0.422 e. The zero-order valence-corrected chi connectivity index (χ0v) is 32.5. The second-order valence-corrected chi connectivity index (χ2v) is 15.8. The number of Topliss-reactive ketones (excluding diaryl/α,β-unsaturated/α-hetero) is 1.